The smallest absolute Gasteiger partial charge is 0.274 e. The third-order valence-electron chi connectivity index (χ3n) is 4.44. The minimum absolute atomic E-state index is 0.215. The topological polar surface area (TPSA) is 59.9 Å². The Balaban J connectivity index is 1.77. The second kappa shape index (κ2) is 10.1. The number of nitrogens with one attached hydrogen (secondary N) is 1. The number of carbonyl (C=O) groups excluding carboxylic acids is 1. The van der Waals surface area contributed by atoms with E-state index in [1.54, 1.807) is 0 Å². The first kappa shape index (κ1) is 20.1. The summed E-state index contributed by atoms with van der Waals surface area (Å²) >= 11 is 0. The van der Waals surface area contributed by atoms with Gasteiger partial charge in [0.25, 0.3) is 5.91 Å². The predicted octanol–water partition coefficient (Wildman–Crippen LogP) is 4.24. The SMILES string of the molecule is CO/N=C(/C(=O)NCc1ccccc1)c1ccccc1COc1ccccc1C. The van der Waals surface area contributed by atoms with E-state index in [9.17, 15) is 4.79 Å². The van der Waals surface area contributed by atoms with E-state index in [1.165, 1.54) is 7.11 Å². The molecule has 3 aromatic rings. The standard InChI is InChI=1S/C24H24N2O3/c1-18-10-6-9-15-22(18)29-17-20-13-7-8-14-21(20)23(26-28-2)24(27)25-16-19-11-4-3-5-12-19/h3-15H,16-17H2,1-2H3,(H,25,27)/b26-23+. The van der Waals surface area contributed by atoms with Crippen LogP contribution in [0.25, 0.3) is 0 Å². The van der Waals surface area contributed by atoms with E-state index >= 15 is 0 Å². The van der Waals surface area contributed by atoms with E-state index in [-0.39, 0.29) is 11.6 Å². The number of ether oxygens (including phenoxy) is 1. The van der Waals surface area contributed by atoms with Crippen LogP contribution in [-0.2, 0) is 22.8 Å². The summed E-state index contributed by atoms with van der Waals surface area (Å²) in [6.07, 6.45) is 0. The fourth-order valence-corrected chi connectivity index (χ4v) is 2.92. The lowest BCUT2D eigenvalue weighted by Gasteiger charge is -2.14. The molecule has 0 aliphatic rings. The summed E-state index contributed by atoms with van der Waals surface area (Å²) in [5, 5.41) is 6.89. The first-order chi connectivity index (χ1) is 14.2. The normalized spacial score (nSPS) is 11.0. The molecule has 0 unspecified atom stereocenters. The molecule has 0 atom stereocenters. The highest BCUT2D eigenvalue weighted by atomic mass is 16.6. The lowest BCUT2D eigenvalue weighted by molar-refractivity contribution is -0.115. The van der Waals surface area contributed by atoms with E-state index in [4.69, 9.17) is 9.57 Å². The van der Waals surface area contributed by atoms with Crippen LogP contribution in [0.4, 0.5) is 0 Å². The summed E-state index contributed by atoms with van der Waals surface area (Å²) in [6.45, 7) is 2.72. The third kappa shape index (κ3) is 5.45. The average molecular weight is 388 g/mol. The maximum Gasteiger partial charge on any atom is 0.274 e. The zero-order valence-electron chi connectivity index (χ0n) is 16.6. The number of benzene rings is 3. The van der Waals surface area contributed by atoms with Crippen molar-refractivity contribution in [1.29, 1.82) is 0 Å². The monoisotopic (exact) mass is 388 g/mol. The Kier molecular flexibility index (Phi) is 7.00. The minimum Gasteiger partial charge on any atom is -0.489 e. The van der Waals surface area contributed by atoms with Gasteiger partial charge in [-0.15, -0.1) is 0 Å². The Hall–Kier alpha value is -3.60. The molecule has 0 radical (unpaired) electrons. The molecule has 3 aromatic carbocycles. The molecule has 0 saturated carbocycles. The van der Waals surface area contributed by atoms with Crippen molar-refractivity contribution < 1.29 is 14.4 Å². The molecule has 0 aliphatic carbocycles. The van der Waals surface area contributed by atoms with Crippen LogP contribution in [0.3, 0.4) is 0 Å². The zero-order valence-corrected chi connectivity index (χ0v) is 16.6. The fraction of sp³-hybridized carbons (Fsp3) is 0.167. The van der Waals surface area contributed by atoms with Crippen LogP contribution < -0.4 is 10.1 Å². The maximum absolute atomic E-state index is 12.8. The molecule has 3 rings (SSSR count). The second-order valence-corrected chi connectivity index (χ2v) is 6.50. The van der Waals surface area contributed by atoms with Gasteiger partial charge >= 0.3 is 0 Å². The summed E-state index contributed by atoms with van der Waals surface area (Å²) in [5.74, 6) is 0.500. The van der Waals surface area contributed by atoms with E-state index < -0.39 is 0 Å². The van der Waals surface area contributed by atoms with Crippen LogP contribution in [0.5, 0.6) is 5.75 Å². The molecule has 0 bridgehead atoms. The Morgan fingerprint density at radius 1 is 0.931 bits per heavy atom. The number of rotatable bonds is 8. The number of oxime groups is 1. The molecule has 0 saturated heterocycles. The van der Waals surface area contributed by atoms with E-state index in [0.29, 0.717) is 18.7 Å². The number of nitrogens with zero attached hydrogens (tertiary/aromatic N) is 1. The minimum atomic E-state index is -0.306. The second-order valence-electron chi connectivity index (χ2n) is 6.50. The van der Waals surface area contributed by atoms with Gasteiger partial charge in [-0.25, -0.2) is 0 Å². The van der Waals surface area contributed by atoms with Crippen molar-refractivity contribution in [2.24, 2.45) is 5.16 Å². The molecular weight excluding hydrogens is 364 g/mol. The van der Waals surface area contributed by atoms with Crippen LogP contribution in [0.1, 0.15) is 22.3 Å². The molecule has 0 fully saturated rings. The van der Waals surface area contributed by atoms with Crippen molar-refractivity contribution in [2.75, 3.05) is 7.11 Å². The number of para-hydroxylation sites is 1. The van der Waals surface area contributed by atoms with Gasteiger partial charge in [-0.3, -0.25) is 4.79 Å². The Morgan fingerprint density at radius 2 is 1.62 bits per heavy atom. The van der Waals surface area contributed by atoms with Crippen molar-refractivity contribution in [2.45, 2.75) is 20.1 Å². The summed E-state index contributed by atoms with van der Waals surface area (Å²) in [6, 6.07) is 25.1. The van der Waals surface area contributed by atoms with Gasteiger partial charge in [0.05, 0.1) is 0 Å². The van der Waals surface area contributed by atoms with Gasteiger partial charge in [0.15, 0.2) is 5.71 Å². The molecule has 5 heteroatoms. The molecule has 29 heavy (non-hydrogen) atoms. The highest BCUT2D eigenvalue weighted by Crippen LogP contribution is 2.19. The van der Waals surface area contributed by atoms with Crippen LogP contribution in [0, 0.1) is 6.92 Å². The van der Waals surface area contributed by atoms with E-state index in [1.807, 2.05) is 85.8 Å². The molecule has 0 aliphatic heterocycles. The first-order valence-corrected chi connectivity index (χ1v) is 9.39. The number of hydrogen-bond acceptors (Lipinski definition) is 4. The molecule has 0 spiro atoms. The highest BCUT2D eigenvalue weighted by Gasteiger charge is 2.18. The molecule has 5 nitrogen and oxygen atoms in total. The molecule has 148 valence electrons. The summed E-state index contributed by atoms with van der Waals surface area (Å²) < 4.78 is 5.97. The largest absolute Gasteiger partial charge is 0.489 e. The van der Waals surface area contributed by atoms with Crippen molar-refractivity contribution in [3.8, 4) is 5.75 Å². The van der Waals surface area contributed by atoms with Gasteiger partial charge in [-0.1, -0.05) is 78.0 Å². The zero-order chi connectivity index (χ0) is 20.5. The van der Waals surface area contributed by atoms with E-state index in [0.717, 1.165) is 22.4 Å². The van der Waals surface area contributed by atoms with Crippen molar-refractivity contribution in [3.05, 3.63) is 101 Å². The van der Waals surface area contributed by atoms with Crippen molar-refractivity contribution >= 4 is 11.6 Å². The number of aryl methyl sites for hydroxylation is 1. The summed E-state index contributed by atoms with van der Waals surface area (Å²) in [5.41, 5.74) is 3.80. The van der Waals surface area contributed by atoms with Crippen LogP contribution >= 0.6 is 0 Å². The molecule has 1 amide bonds. The molecule has 0 aromatic heterocycles. The Morgan fingerprint density at radius 3 is 2.38 bits per heavy atom. The summed E-state index contributed by atoms with van der Waals surface area (Å²) in [4.78, 5) is 17.8. The lowest BCUT2D eigenvalue weighted by Crippen LogP contribution is -2.32. The van der Waals surface area contributed by atoms with Crippen molar-refractivity contribution in [1.82, 2.24) is 5.32 Å². The Labute approximate surface area is 171 Å². The van der Waals surface area contributed by atoms with Gasteiger partial charge in [0.2, 0.25) is 0 Å². The predicted molar refractivity (Wildman–Crippen MR) is 114 cm³/mol. The molecular formula is C24H24N2O3. The van der Waals surface area contributed by atoms with E-state index in [2.05, 4.69) is 10.5 Å². The number of amides is 1. The van der Waals surface area contributed by atoms with Gasteiger partial charge in [-0.2, -0.15) is 0 Å². The maximum atomic E-state index is 12.8. The first-order valence-electron chi connectivity index (χ1n) is 9.39. The van der Waals surface area contributed by atoms with Gasteiger partial charge in [-0.05, 0) is 29.7 Å². The van der Waals surface area contributed by atoms with Gasteiger partial charge in [0.1, 0.15) is 19.5 Å². The van der Waals surface area contributed by atoms with Gasteiger partial charge < -0.3 is 14.9 Å². The number of carbonyl (C=O) groups is 1. The van der Waals surface area contributed by atoms with Crippen LogP contribution in [0.15, 0.2) is 84.0 Å². The number of hydrogen-bond donors (Lipinski definition) is 1. The fourth-order valence-electron chi connectivity index (χ4n) is 2.92. The quantitative estimate of drug-likeness (QED) is 0.464. The molecule has 1 N–H and O–H groups in total. The van der Waals surface area contributed by atoms with Gasteiger partial charge in [0, 0.05) is 12.1 Å². The van der Waals surface area contributed by atoms with Crippen molar-refractivity contribution in [3.63, 3.8) is 0 Å². The highest BCUT2D eigenvalue weighted by molar-refractivity contribution is 6.45. The summed E-state index contributed by atoms with van der Waals surface area (Å²) in [7, 11) is 1.43. The Bertz CT molecular complexity index is 984. The molecule has 0 heterocycles. The van der Waals surface area contributed by atoms with Crippen LogP contribution in [0.2, 0.25) is 0 Å². The lowest BCUT2D eigenvalue weighted by atomic mass is 10.0. The third-order valence-corrected chi connectivity index (χ3v) is 4.44. The van der Waals surface area contributed by atoms with Crippen LogP contribution in [-0.4, -0.2) is 18.7 Å². The average Bonchev–Trinajstić information content (AvgIpc) is 2.76.